The maximum absolute atomic E-state index is 12.4. The molecular formula is C18H21NO2. The first-order valence-corrected chi connectivity index (χ1v) is 7.72. The van der Waals surface area contributed by atoms with Crippen molar-refractivity contribution in [1.82, 2.24) is 4.90 Å². The van der Waals surface area contributed by atoms with Gasteiger partial charge in [-0.1, -0.05) is 36.4 Å². The Bertz CT molecular complexity index is 584. The Balaban J connectivity index is 1.69. The first kappa shape index (κ1) is 13.1. The number of esters is 1. The molecule has 3 fully saturated rings. The average molecular weight is 283 g/mol. The van der Waals surface area contributed by atoms with Gasteiger partial charge in [0, 0.05) is 18.0 Å². The molecule has 2 aliphatic carbocycles. The molecule has 1 aromatic carbocycles. The lowest BCUT2D eigenvalue weighted by Crippen LogP contribution is -2.50. The second-order valence-electron chi connectivity index (χ2n) is 6.68. The van der Waals surface area contributed by atoms with Gasteiger partial charge in [0.1, 0.15) is 6.04 Å². The molecule has 3 nitrogen and oxygen atoms in total. The number of fused-ring (bicyclic) bond motifs is 5. The highest BCUT2D eigenvalue weighted by Gasteiger charge is 2.73. The Hall–Kier alpha value is -1.61. The number of hydrogen-bond acceptors (Lipinski definition) is 3. The molecular weight excluding hydrogens is 262 g/mol. The number of carbonyl (C=O) groups excluding carboxylic acids is 1. The van der Waals surface area contributed by atoms with Crippen molar-refractivity contribution >= 4 is 5.97 Å². The molecule has 0 aromatic heterocycles. The van der Waals surface area contributed by atoms with Gasteiger partial charge in [-0.2, -0.15) is 0 Å². The van der Waals surface area contributed by atoms with Crippen LogP contribution in [0.2, 0.25) is 0 Å². The number of hydrogen-bond donors (Lipinski definition) is 0. The van der Waals surface area contributed by atoms with Gasteiger partial charge in [0.25, 0.3) is 0 Å². The summed E-state index contributed by atoms with van der Waals surface area (Å²) < 4.78 is 5.12. The number of rotatable bonds is 4. The second-order valence-corrected chi connectivity index (χ2v) is 6.68. The number of piperidine rings is 1. The molecule has 0 unspecified atom stereocenters. The first-order chi connectivity index (χ1) is 10.2. The van der Waals surface area contributed by atoms with Gasteiger partial charge in [0.15, 0.2) is 0 Å². The molecule has 3 heteroatoms. The minimum absolute atomic E-state index is 0.0583. The summed E-state index contributed by atoms with van der Waals surface area (Å²) in [5, 5.41) is 0. The van der Waals surface area contributed by atoms with E-state index in [0.717, 1.165) is 18.9 Å². The third kappa shape index (κ3) is 1.67. The third-order valence-electron chi connectivity index (χ3n) is 5.87. The van der Waals surface area contributed by atoms with Crippen molar-refractivity contribution in [3.8, 4) is 0 Å². The van der Waals surface area contributed by atoms with Crippen LogP contribution < -0.4 is 0 Å². The fraction of sp³-hybridized carbons (Fsp3) is 0.500. The second kappa shape index (κ2) is 4.44. The van der Waals surface area contributed by atoms with Crippen LogP contribution in [0.3, 0.4) is 0 Å². The Labute approximate surface area is 125 Å². The lowest BCUT2D eigenvalue weighted by molar-refractivity contribution is -0.151. The van der Waals surface area contributed by atoms with E-state index in [1.165, 1.54) is 19.1 Å². The summed E-state index contributed by atoms with van der Waals surface area (Å²) in [7, 11) is 1.50. The lowest BCUT2D eigenvalue weighted by atomic mass is 9.77. The molecule has 21 heavy (non-hydrogen) atoms. The van der Waals surface area contributed by atoms with E-state index >= 15 is 0 Å². The van der Waals surface area contributed by atoms with E-state index in [1.54, 1.807) is 0 Å². The summed E-state index contributed by atoms with van der Waals surface area (Å²) in [6.45, 7) is 4.89. The molecule has 0 N–H and O–H groups in total. The Morgan fingerprint density at radius 3 is 2.90 bits per heavy atom. The van der Waals surface area contributed by atoms with E-state index in [4.69, 9.17) is 4.74 Å². The number of ether oxygens (including phenoxy) is 1. The van der Waals surface area contributed by atoms with E-state index in [-0.39, 0.29) is 17.4 Å². The quantitative estimate of drug-likeness (QED) is 0.628. The Morgan fingerprint density at radius 2 is 2.24 bits per heavy atom. The van der Waals surface area contributed by atoms with Gasteiger partial charge in [0.2, 0.25) is 0 Å². The zero-order valence-corrected chi connectivity index (χ0v) is 12.4. The molecule has 2 saturated carbocycles. The highest BCUT2D eigenvalue weighted by atomic mass is 16.5. The summed E-state index contributed by atoms with van der Waals surface area (Å²) >= 11 is 0. The maximum Gasteiger partial charge on any atom is 0.324 e. The van der Waals surface area contributed by atoms with Crippen molar-refractivity contribution < 1.29 is 9.53 Å². The van der Waals surface area contributed by atoms with Crippen molar-refractivity contribution in [3.05, 3.63) is 48.6 Å². The molecule has 5 atom stereocenters. The molecule has 0 spiro atoms. The van der Waals surface area contributed by atoms with E-state index in [1.807, 2.05) is 12.1 Å². The van der Waals surface area contributed by atoms with Crippen LogP contribution in [0.15, 0.2) is 43.0 Å². The molecule has 1 saturated heterocycles. The summed E-state index contributed by atoms with van der Waals surface area (Å²) in [5.74, 6) is 1.31. The number of benzene rings is 1. The molecule has 3 aliphatic rings. The zero-order valence-electron chi connectivity index (χ0n) is 12.4. The Kier molecular flexibility index (Phi) is 2.77. The van der Waals surface area contributed by atoms with Gasteiger partial charge in [-0.3, -0.25) is 9.69 Å². The van der Waals surface area contributed by atoms with Crippen LogP contribution in [0.5, 0.6) is 0 Å². The SMILES string of the molecule is C=C[C@@]12C[C@@H]([C@H]3C[C@H]31)N(Cc1ccccc1)[C@@H]2C(=O)OC. The summed E-state index contributed by atoms with van der Waals surface area (Å²) in [4.78, 5) is 14.8. The fourth-order valence-corrected chi connectivity index (χ4v) is 4.92. The van der Waals surface area contributed by atoms with Crippen LogP contribution in [-0.2, 0) is 16.1 Å². The van der Waals surface area contributed by atoms with Crippen LogP contribution in [0.25, 0.3) is 0 Å². The molecule has 1 heterocycles. The molecule has 1 aromatic rings. The number of methoxy groups -OCH3 is 1. The highest BCUT2D eigenvalue weighted by molar-refractivity contribution is 5.79. The monoisotopic (exact) mass is 283 g/mol. The molecule has 110 valence electrons. The topological polar surface area (TPSA) is 29.5 Å². The predicted molar refractivity (Wildman–Crippen MR) is 80.4 cm³/mol. The van der Waals surface area contributed by atoms with Crippen molar-refractivity contribution in [3.63, 3.8) is 0 Å². The number of likely N-dealkylation sites (tertiary alicyclic amines) is 1. The number of nitrogens with zero attached hydrogens (tertiary/aromatic N) is 1. The van der Waals surface area contributed by atoms with Crippen LogP contribution in [0.1, 0.15) is 18.4 Å². The van der Waals surface area contributed by atoms with Crippen molar-refractivity contribution in [2.75, 3.05) is 7.11 Å². The van der Waals surface area contributed by atoms with E-state index in [9.17, 15) is 4.79 Å². The van der Waals surface area contributed by atoms with E-state index in [0.29, 0.717) is 12.0 Å². The van der Waals surface area contributed by atoms with Crippen LogP contribution in [-0.4, -0.2) is 30.1 Å². The summed E-state index contributed by atoms with van der Waals surface area (Å²) in [6, 6.07) is 10.8. The predicted octanol–water partition coefficient (Wildman–Crippen LogP) is 2.62. The molecule has 0 radical (unpaired) electrons. The lowest BCUT2D eigenvalue weighted by Gasteiger charge is -2.38. The standard InChI is InChI=1S/C18H21NO2/c1-3-18-10-15(13-9-14(13)18)19(16(18)17(20)21-2)11-12-7-5-4-6-8-12/h3-8,13-16H,1,9-11H2,2H3/t13-,14+,15-,16+,18+/m0/s1. The molecule has 4 rings (SSSR count). The summed E-state index contributed by atoms with van der Waals surface area (Å²) in [6.07, 6.45) is 4.36. The number of carbonyl (C=O) groups is 1. The first-order valence-electron chi connectivity index (χ1n) is 7.72. The van der Waals surface area contributed by atoms with Gasteiger partial charge < -0.3 is 4.74 Å². The smallest absolute Gasteiger partial charge is 0.324 e. The van der Waals surface area contributed by atoms with Crippen LogP contribution >= 0.6 is 0 Å². The van der Waals surface area contributed by atoms with Gasteiger partial charge in [-0.15, -0.1) is 6.58 Å². The minimum Gasteiger partial charge on any atom is -0.468 e. The van der Waals surface area contributed by atoms with E-state index in [2.05, 4.69) is 35.7 Å². The molecule has 1 aliphatic heterocycles. The largest absolute Gasteiger partial charge is 0.468 e. The zero-order chi connectivity index (χ0) is 14.6. The van der Waals surface area contributed by atoms with Crippen molar-refractivity contribution in [1.29, 1.82) is 0 Å². The van der Waals surface area contributed by atoms with Gasteiger partial charge >= 0.3 is 5.97 Å². The van der Waals surface area contributed by atoms with Crippen molar-refractivity contribution in [2.24, 2.45) is 17.3 Å². The van der Waals surface area contributed by atoms with Gasteiger partial charge in [0.05, 0.1) is 7.11 Å². The van der Waals surface area contributed by atoms with E-state index < -0.39 is 0 Å². The van der Waals surface area contributed by atoms with Crippen LogP contribution in [0.4, 0.5) is 0 Å². The molecule has 0 amide bonds. The summed E-state index contributed by atoms with van der Waals surface area (Å²) in [5.41, 5.74) is 1.20. The normalized spacial score (nSPS) is 39.9. The fourth-order valence-electron chi connectivity index (χ4n) is 4.92. The third-order valence-corrected chi connectivity index (χ3v) is 5.87. The molecule has 2 bridgehead atoms. The van der Waals surface area contributed by atoms with Gasteiger partial charge in [-0.25, -0.2) is 0 Å². The minimum atomic E-state index is -0.158. The Morgan fingerprint density at radius 1 is 1.48 bits per heavy atom. The van der Waals surface area contributed by atoms with Crippen LogP contribution in [0, 0.1) is 17.3 Å². The maximum atomic E-state index is 12.4. The highest BCUT2D eigenvalue weighted by Crippen LogP contribution is 2.70. The van der Waals surface area contributed by atoms with Gasteiger partial charge in [-0.05, 0) is 30.2 Å². The van der Waals surface area contributed by atoms with Crippen molar-refractivity contribution in [2.45, 2.75) is 31.5 Å². The average Bonchev–Trinajstić information content (AvgIpc) is 3.20.